The molecule has 0 atom stereocenters. The largest absolute Gasteiger partial charge is 0.759 e. The first-order valence-electron chi connectivity index (χ1n) is 3.08. The van der Waals surface area contributed by atoms with Gasteiger partial charge >= 0.3 is 0 Å². The van der Waals surface area contributed by atoms with Crippen LogP contribution in [0.15, 0.2) is 0 Å². The zero-order chi connectivity index (χ0) is 8.74. The van der Waals surface area contributed by atoms with Crippen LogP contribution in [-0.4, -0.2) is 43.7 Å². The average molecular weight is 182 g/mol. The van der Waals surface area contributed by atoms with Gasteiger partial charge in [-0.1, -0.05) is 0 Å². The van der Waals surface area contributed by atoms with Crippen molar-refractivity contribution >= 4 is 10.4 Å². The molecule has 1 fully saturated rings. The van der Waals surface area contributed by atoms with Crippen molar-refractivity contribution in [2.75, 3.05) is 26.2 Å². The third kappa shape index (κ3) is 17.7. The molecule has 6 nitrogen and oxygen atoms in total. The summed E-state index contributed by atoms with van der Waals surface area (Å²) in [6.45, 7) is 4.56. The summed E-state index contributed by atoms with van der Waals surface area (Å²) in [4.78, 5) is 0. The van der Waals surface area contributed by atoms with Crippen molar-refractivity contribution in [2.45, 2.75) is 0 Å². The maximum atomic E-state index is 8.52. The van der Waals surface area contributed by atoms with E-state index < -0.39 is 10.4 Å². The zero-order valence-electron chi connectivity index (χ0n) is 5.87. The van der Waals surface area contributed by atoms with Gasteiger partial charge in [0.2, 0.25) is 0 Å². The Bertz CT molecular complexity index is 155. The van der Waals surface area contributed by atoms with Gasteiger partial charge in [-0.25, -0.2) is 0 Å². The van der Waals surface area contributed by atoms with Gasteiger partial charge in [0.25, 0.3) is 0 Å². The minimum atomic E-state index is -5.17. The molecular weight excluding hydrogens is 172 g/mol. The van der Waals surface area contributed by atoms with Crippen LogP contribution in [0.1, 0.15) is 0 Å². The van der Waals surface area contributed by atoms with E-state index >= 15 is 0 Å². The highest BCUT2D eigenvalue weighted by Crippen LogP contribution is 1.65. The summed E-state index contributed by atoms with van der Waals surface area (Å²) in [6, 6.07) is 0. The van der Waals surface area contributed by atoms with E-state index in [1.807, 2.05) is 0 Å². The fourth-order valence-electron chi connectivity index (χ4n) is 0.604. The molecule has 11 heavy (non-hydrogen) atoms. The van der Waals surface area contributed by atoms with E-state index in [2.05, 4.69) is 10.6 Å². The number of nitrogens with one attached hydrogen (secondary N) is 2. The molecule has 7 heteroatoms. The van der Waals surface area contributed by atoms with Crippen LogP contribution in [0.25, 0.3) is 0 Å². The van der Waals surface area contributed by atoms with Crippen LogP contribution in [0, 0.1) is 0 Å². The maximum absolute atomic E-state index is 8.52. The number of rotatable bonds is 0. The Morgan fingerprint density at radius 2 is 1.09 bits per heavy atom. The fourth-order valence-corrected chi connectivity index (χ4v) is 0.604. The lowest BCUT2D eigenvalue weighted by atomic mass is 10.4. The van der Waals surface area contributed by atoms with Gasteiger partial charge < -0.3 is 19.7 Å². The topological polar surface area (TPSA) is 104 Å². The third-order valence-electron chi connectivity index (χ3n) is 0.957. The van der Waals surface area contributed by atoms with E-state index in [0.29, 0.717) is 0 Å². The molecule has 0 saturated carbocycles. The molecule has 0 aromatic carbocycles. The Hall–Kier alpha value is -0.210. The molecule has 2 N–H and O–H groups in total. The van der Waals surface area contributed by atoms with Crippen LogP contribution < -0.4 is 10.6 Å². The lowest BCUT2D eigenvalue weighted by Crippen LogP contribution is -2.39. The fraction of sp³-hybridized carbons (Fsp3) is 1.00. The zero-order valence-corrected chi connectivity index (χ0v) is 6.69. The van der Waals surface area contributed by atoms with Crippen molar-refractivity contribution in [3.05, 3.63) is 0 Å². The molecule has 0 spiro atoms. The summed E-state index contributed by atoms with van der Waals surface area (Å²) in [5.41, 5.74) is 0. The van der Waals surface area contributed by atoms with Crippen LogP contribution >= 0.6 is 0 Å². The minimum Gasteiger partial charge on any atom is -0.759 e. The first-order chi connectivity index (χ1) is 5.00. The van der Waals surface area contributed by atoms with Crippen molar-refractivity contribution in [2.24, 2.45) is 0 Å². The molecule has 1 aliphatic rings. The van der Waals surface area contributed by atoms with Crippen LogP contribution in [0.2, 0.25) is 0 Å². The Balaban J connectivity index is 0.000000187. The molecule has 0 aromatic rings. The van der Waals surface area contributed by atoms with Gasteiger partial charge in [-0.05, 0) is 0 Å². The number of piperazine rings is 1. The minimum absolute atomic E-state index is 1.14. The van der Waals surface area contributed by atoms with Crippen molar-refractivity contribution in [3.8, 4) is 0 Å². The van der Waals surface area contributed by atoms with E-state index in [9.17, 15) is 0 Å². The number of hydrogen-bond acceptors (Lipinski definition) is 6. The average Bonchev–Trinajstić information content (AvgIpc) is 1.88. The second-order valence-corrected chi connectivity index (χ2v) is 2.72. The maximum Gasteiger partial charge on any atom is 0.0311 e. The van der Waals surface area contributed by atoms with Gasteiger partial charge in [-0.15, -0.1) is 0 Å². The summed E-state index contributed by atoms with van der Waals surface area (Å²) in [5, 5.41) is 6.44. The highest BCUT2D eigenvalue weighted by molar-refractivity contribution is 7.79. The Morgan fingerprint density at radius 1 is 0.909 bits per heavy atom. The van der Waals surface area contributed by atoms with E-state index in [0.717, 1.165) is 26.2 Å². The molecular formula is C4H10N2O4S-2. The molecule has 0 amide bonds. The van der Waals surface area contributed by atoms with Crippen LogP contribution in [0.5, 0.6) is 0 Å². The molecule has 0 bridgehead atoms. The van der Waals surface area contributed by atoms with Crippen molar-refractivity contribution < 1.29 is 17.5 Å². The monoisotopic (exact) mass is 182 g/mol. The van der Waals surface area contributed by atoms with Gasteiger partial charge in [-0.2, -0.15) is 0 Å². The summed E-state index contributed by atoms with van der Waals surface area (Å²) in [6.07, 6.45) is 0. The first kappa shape index (κ1) is 10.8. The Labute approximate surface area is 65.6 Å². The normalized spacial score (nSPS) is 18.4. The number of hydrogen-bond donors (Lipinski definition) is 2. The molecule has 1 heterocycles. The van der Waals surface area contributed by atoms with E-state index in [1.165, 1.54) is 0 Å². The van der Waals surface area contributed by atoms with Gasteiger partial charge in [-0.3, -0.25) is 8.42 Å². The quantitative estimate of drug-likeness (QED) is 0.326. The standard InChI is InChI=1S/C4H10N2.H2O4S/c1-2-6-4-3-5-1;1-5(2,3)4/h5-6H,1-4H2;(H2,1,2,3,4)/p-2. The van der Waals surface area contributed by atoms with Gasteiger partial charge in [0.05, 0.1) is 0 Å². The molecule has 0 unspecified atom stereocenters. The summed E-state index contributed by atoms with van der Waals surface area (Å²) < 4.78 is 34.1. The predicted octanol–water partition coefficient (Wildman–Crippen LogP) is -2.16. The van der Waals surface area contributed by atoms with Crippen LogP contribution in [0.4, 0.5) is 0 Å². The second-order valence-electron chi connectivity index (χ2n) is 1.91. The van der Waals surface area contributed by atoms with E-state index in [1.54, 1.807) is 0 Å². The lowest BCUT2D eigenvalue weighted by Gasteiger charge is -2.11. The Morgan fingerprint density at radius 3 is 1.18 bits per heavy atom. The molecule has 0 aliphatic carbocycles. The summed E-state index contributed by atoms with van der Waals surface area (Å²) in [7, 11) is -5.17. The molecule has 1 rings (SSSR count). The molecule has 0 radical (unpaired) electrons. The second kappa shape index (κ2) is 5.44. The van der Waals surface area contributed by atoms with Crippen LogP contribution in [0.3, 0.4) is 0 Å². The van der Waals surface area contributed by atoms with Gasteiger partial charge in [0.15, 0.2) is 0 Å². The van der Waals surface area contributed by atoms with Crippen molar-refractivity contribution in [1.29, 1.82) is 0 Å². The molecule has 1 saturated heterocycles. The summed E-state index contributed by atoms with van der Waals surface area (Å²) >= 11 is 0. The summed E-state index contributed by atoms with van der Waals surface area (Å²) in [5.74, 6) is 0. The smallest absolute Gasteiger partial charge is 0.0311 e. The van der Waals surface area contributed by atoms with Crippen LogP contribution in [-0.2, 0) is 10.4 Å². The third-order valence-corrected chi connectivity index (χ3v) is 0.957. The van der Waals surface area contributed by atoms with E-state index in [4.69, 9.17) is 17.5 Å². The van der Waals surface area contributed by atoms with Gasteiger partial charge in [0.1, 0.15) is 0 Å². The Kier molecular flexibility index (Phi) is 5.34. The molecule has 1 aliphatic heterocycles. The van der Waals surface area contributed by atoms with Crippen molar-refractivity contribution in [3.63, 3.8) is 0 Å². The highest BCUT2D eigenvalue weighted by Gasteiger charge is 1.91. The predicted molar refractivity (Wildman–Crippen MR) is 36.2 cm³/mol. The van der Waals surface area contributed by atoms with E-state index in [-0.39, 0.29) is 0 Å². The molecule has 0 aromatic heterocycles. The first-order valence-corrected chi connectivity index (χ1v) is 4.41. The van der Waals surface area contributed by atoms with Gasteiger partial charge in [0, 0.05) is 36.6 Å². The highest BCUT2D eigenvalue weighted by atomic mass is 32.3. The molecule has 68 valence electrons. The SMILES string of the molecule is C1CNCCN1.O=S(=O)([O-])[O-]. The van der Waals surface area contributed by atoms with Crippen molar-refractivity contribution in [1.82, 2.24) is 10.6 Å². The lowest BCUT2D eigenvalue weighted by molar-refractivity contribution is 0.352.